The molecule has 0 aromatic heterocycles. The number of hydrogen-bond donors (Lipinski definition) is 1. The van der Waals surface area contributed by atoms with Crippen molar-refractivity contribution in [1.82, 2.24) is 10.2 Å². The maximum atomic E-state index is 3.74. The first-order valence-electron chi connectivity index (χ1n) is 8.25. The Morgan fingerprint density at radius 1 is 1.19 bits per heavy atom. The minimum absolute atomic E-state index is 0.767. The van der Waals surface area contributed by atoms with E-state index >= 15 is 0 Å². The van der Waals surface area contributed by atoms with Crippen LogP contribution in [0.2, 0.25) is 0 Å². The number of anilines is 1. The lowest BCUT2D eigenvalue weighted by molar-refractivity contribution is 0.258. The Bertz CT molecular complexity index is 465. The van der Waals surface area contributed by atoms with Gasteiger partial charge in [-0.25, -0.2) is 0 Å². The molecule has 1 aromatic carbocycles. The fourth-order valence-corrected chi connectivity index (χ4v) is 3.47. The summed E-state index contributed by atoms with van der Waals surface area (Å²) in [6.45, 7) is 9.15. The van der Waals surface area contributed by atoms with E-state index < -0.39 is 0 Å². The van der Waals surface area contributed by atoms with Gasteiger partial charge < -0.3 is 10.2 Å². The maximum Gasteiger partial charge on any atom is 0.0378 e. The van der Waals surface area contributed by atoms with Gasteiger partial charge >= 0.3 is 0 Å². The molecule has 1 heterocycles. The molecule has 1 saturated carbocycles. The van der Waals surface area contributed by atoms with Gasteiger partial charge in [-0.15, -0.1) is 0 Å². The molecular weight excluding hydrogens is 326 g/mol. The van der Waals surface area contributed by atoms with Crippen LogP contribution in [0.5, 0.6) is 0 Å². The normalized spacial score (nSPS) is 20.0. The number of benzene rings is 1. The summed E-state index contributed by atoms with van der Waals surface area (Å²) in [5, 5.41) is 3.58. The van der Waals surface area contributed by atoms with Crippen LogP contribution in [0.15, 0.2) is 22.7 Å². The number of hydrogen-bond acceptors (Lipinski definition) is 3. The zero-order valence-corrected chi connectivity index (χ0v) is 14.5. The first-order valence-corrected chi connectivity index (χ1v) is 9.04. The van der Waals surface area contributed by atoms with Gasteiger partial charge in [0.2, 0.25) is 0 Å². The summed E-state index contributed by atoms with van der Waals surface area (Å²) in [7, 11) is 0. The molecule has 1 aliphatic heterocycles. The molecule has 3 rings (SSSR count). The van der Waals surface area contributed by atoms with Gasteiger partial charge in [-0.2, -0.15) is 0 Å². The molecule has 2 aliphatic rings. The Balaban J connectivity index is 1.57. The Labute approximate surface area is 136 Å². The van der Waals surface area contributed by atoms with Crippen molar-refractivity contribution in [3.05, 3.63) is 28.2 Å². The van der Waals surface area contributed by atoms with Crippen molar-refractivity contribution in [3.8, 4) is 0 Å². The molecule has 1 saturated heterocycles. The average Bonchev–Trinajstić information content (AvgIpc) is 3.31. The topological polar surface area (TPSA) is 18.5 Å². The van der Waals surface area contributed by atoms with Crippen molar-refractivity contribution in [2.45, 2.75) is 38.8 Å². The van der Waals surface area contributed by atoms with Gasteiger partial charge in [0.15, 0.2) is 0 Å². The van der Waals surface area contributed by atoms with Crippen LogP contribution in [0.4, 0.5) is 5.69 Å². The van der Waals surface area contributed by atoms with Gasteiger partial charge in [-0.1, -0.05) is 28.9 Å². The number of piperazine rings is 1. The van der Waals surface area contributed by atoms with Gasteiger partial charge in [0.1, 0.15) is 0 Å². The molecule has 116 valence electrons. The molecule has 0 amide bonds. The molecule has 3 nitrogen and oxygen atoms in total. The average molecular weight is 352 g/mol. The van der Waals surface area contributed by atoms with Crippen LogP contribution in [-0.4, -0.2) is 43.7 Å². The second-order valence-electron chi connectivity index (χ2n) is 6.26. The fourth-order valence-electron chi connectivity index (χ4n) is 2.96. The van der Waals surface area contributed by atoms with E-state index in [2.05, 4.69) is 56.2 Å². The van der Waals surface area contributed by atoms with Crippen LogP contribution in [0.3, 0.4) is 0 Å². The molecule has 4 heteroatoms. The second-order valence-corrected chi connectivity index (χ2v) is 7.11. The monoisotopic (exact) mass is 351 g/mol. The van der Waals surface area contributed by atoms with Crippen LogP contribution in [-0.2, 0) is 6.54 Å². The van der Waals surface area contributed by atoms with E-state index in [1.165, 1.54) is 54.6 Å². The van der Waals surface area contributed by atoms with Crippen LogP contribution >= 0.6 is 15.9 Å². The predicted molar refractivity (Wildman–Crippen MR) is 92.9 cm³/mol. The Kier molecular flexibility index (Phi) is 5.19. The molecule has 1 N–H and O–H groups in total. The molecule has 0 bridgehead atoms. The van der Waals surface area contributed by atoms with Crippen molar-refractivity contribution in [2.75, 3.05) is 37.6 Å². The summed E-state index contributed by atoms with van der Waals surface area (Å²) < 4.78 is 1.24. The SMILES string of the molecule is CCCN1CCN(c2ccc(CNC3CC3)c(Br)c2)CC1. The second kappa shape index (κ2) is 7.12. The van der Waals surface area contributed by atoms with E-state index in [1.807, 2.05) is 0 Å². The minimum Gasteiger partial charge on any atom is -0.369 e. The van der Waals surface area contributed by atoms with Crippen molar-refractivity contribution in [1.29, 1.82) is 0 Å². The van der Waals surface area contributed by atoms with E-state index in [0.717, 1.165) is 25.7 Å². The summed E-state index contributed by atoms with van der Waals surface area (Å²) in [4.78, 5) is 5.08. The highest BCUT2D eigenvalue weighted by Gasteiger charge is 2.21. The smallest absolute Gasteiger partial charge is 0.0378 e. The third kappa shape index (κ3) is 4.21. The number of nitrogens with one attached hydrogen (secondary N) is 1. The van der Waals surface area contributed by atoms with Crippen molar-refractivity contribution in [2.24, 2.45) is 0 Å². The molecule has 1 aliphatic carbocycles. The number of rotatable bonds is 6. The van der Waals surface area contributed by atoms with Gasteiger partial charge in [0, 0.05) is 48.9 Å². The van der Waals surface area contributed by atoms with Crippen molar-refractivity contribution < 1.29 is 0 Å². The first-order chi connectivity index (χ1) is 10.3. The summed E-state index contributed by atoms with van der Waals surface area (Å²) in [6.07, 6.45) is 3.95. The van der Waals surface area contributed by atoms with Crippen LogP contribution in [0, 0.1) is 0 Å². The van der Waals surface area contributed by atoms with E-state index in [9.17, 15) is 0 Å². The third-order valence-corrected chi connectivity index (χ3v) is 5.21. The Morgan fingerprint density at radius 2 is 1.95 bits per heavy atom. The maximum absolute atomic E-state index is 3.74. The summed E-state index contributed by atoms with van der Waals surface area (Å²) >= 11 is 3.74. The minimum atomic E-state index is 0.767. The molecule has 1 aromatic rings. The molecule has 0 spiro atoms. The standard InChI is InChI=1S/C17H26BrN3/c1-2-7-20-8-10-21(11-9-20)16-6-3-14(17(18)12-16)13-19-15-4-5-15/h3,6,12,15,19H,2,4-5,7-11,13H2,1H3. The van der Waals surface area contributed by atoms with E-state index in [0.29, 0.717) is 0 Å². The van der Waals surface area contributed by atoms with Crippen LogP contribution in [0.1, 0.15) is 31.7 Å². The molecule has 0 unspecified atom stereocenters. The van der Waals surface area contributed by atoms with Gasteiger partial charge in [0.05, 0.1) is 0 Å². The van der Waals surface area contributed by atoms with Crippen molar-refractivity contribution >= 4 is 21.6 Å². The molecule has 2 fully saturated rings. The largest absolute Gasteiger partial charge is 0.369 e. The number of nitrogens with zero attached hydrogens (tertiary/aromatic N) is 2. The fraction of sp³-hybridized carbons (Fsp3) is 0.647. The van der Waals surface area contributed by atoms with Crippen LogP contribution in [0.25, 0.3) is 0 Å². The predicted octanol–water partition coefficient (Wildman–Crippen LogP) is 3.23. The molecular formula is C17H26BrN3. The Hall–Kier alpha value is -0.580. The lowest BCUT2D eigenvalue weighted by Crippen LogP contribution is -2.46. The quantitative estimate of drug-likeness (QED) is 0.848. The van der Waals surface area contributed by atoms with Gasteiger partial charge in [-0.3, -0.25) is 4.90 Å². The molecule has 21 heavy (non-hydrogen) atoms. The van der Waals surface area contributed by atoms with E-state index in [-0.39, 0.29) is 0 Å². The molecule has 0 radical (unpaired) electrons. The highest BCUT2D eigenvalue weighted by Crippen LogP contribution is 2.26. The summed E-state index contributed by atoms with van der Waals surface area (Å²) in [5.41, 5.74) is 2.73. The van der Waals surface area contributed by atoms with E-state index in [1.54, 1.807) is 0 Å². The highest BCUT2D eigenvalue weighted by atomic mass is 79.9. The summed E-state index contributed by atoms with van der Waals surface area (Å²) in [5.74, 6) is 0. The Morgan fingerprint density at radius 3 is 2.57 bits per heavy atom. The molecule has 0 atom stereocenters. The lowest BCUT2D eigenvalue weighted by atomic mass is 10.1. The zero-order valence-electron chi connectivity index (χ0n) is 12.9. The van der Waals surface area contributed by atoms with Gasteiger partial charge in [0.25, 0.3) is 0 Å². The van der Waals surface area contributed by atoms with Gasteiger partial charge in [-0.05, 0) is 43.5 Å². The third-order valence-electron chi connectivity index (χ3n) is 4.47. The lowest BCUT2D eigenvalue weighted by Gasteiger charge is -2.36. The number of halogens is 1. The summed E-state index contributed by atoms with van der Waals surface area (Å²) in [6, 6.07) is 7.61. The first kappa shape index (κ1) is 15.3. The highest BCUT2D eigenvalue weighted by molar-refractivity contribution is 9.10. The zero-order chi connectivity index (χ0) is 14.7. The van der Waals surface area contributed by atoms with Crippen molar-refractivity contribution in [3.63, 3.8) is 0 Å². The van der Waals surface area contributed by atoms with Crippen LogP contribution < -0.4 is 10.2 Å². The van der Waals surface area contributed by atoms with E-state index in [4.69, 9.17) is 0 Å².